The number of unbranched alkanes of at least 4 members (excludes halogenated alkanes) is 9. The number of nitrogens with one attached hydrogen (secondary N) is 1. The summed E-state index contributed by atoms with van der Waals surface area (Å²) in [5.74, 6) is -0.597. The quantitative estimate of drug-likeness (QED) is 0.280. The van der Waals surface area contributed by atoms with Gasteiger partial charge in [0.25, 0.3) is 5.91 Å². The van der Waals surface area contributed by atoms with Crippen LogP contribution in [0, 0.1) is 12.8 Å². The van der Waals surface area contributed by atoms with Gasteiger partial charge in [-0.05, 0) is 31.4 Å². The number of hydrogen-bond donors (Lipinski definition) is 1. The van der Waals surface area contributed by atoms with Gasteiger partial charge in [0.1, 0.15) is 6.04 Å². The molecule has 0 aliphatic rings. The minimum atomic E-state index is -0.619. The Balaban J connectivity index is 2.22. The van der Waals surface area contributed by atoms with E-state index in [1.807, 2.05) is 32.9 Å². The number of ether oxygens (including phenoxy) is 1. The van der Waals surface area contributed by atoms with Crippen LogP contribution in [0.25, 0.3) is 0 Å². The minimum absolute atomic E-state index is 0.0235. The summed E-state index contributed by atoms with van der Waals surface area (Å²) in [7, 11) is 0. The molecule has 1 aromatic carbocycles. The molecule has 0 saturated carbocycles. The molecule has 1 N–H and O–H groups in total. The summed E-state index contributed by atoms with van der Waals surface area (Å²) in [4.78, 5) is 24.8. The Bertz CT molecular complexity index is 580. The summed E-state index contributed by atoms with van der Waals surface area (Å²) in [5, 5.41) is 2.83. The molecular formula is C25H41NO3. The molecular weight excluding hydrogens is 362 g/mol. The average molecular weight is 404 g/mol. The third kappa shape index (κ3) is 11.1. The van der Waals surface area contributed by atoms with Crippen molar-refractivity contribution in [1.29, 1.82) is 0 Å². The van der Waals surface area contributed by atoms with Crippen LogP contribution in [0.2, 0.25) is 0 Å². The van der Waals surface area contributed by atoms with E-state index in [1.165, 1.54) is 51.4 Å². The highest BCUT2D eigenvalue weighted by atomic mass is 16.5. The predicted molar refractivity (Wildman–Crippen MR) is 120 cm³/mol. The number of hydrogen-bond acceptors (Lipinski definition) is 3. The maximum Gasteiger partial charge on any atom is 0.328 e. The molecule has 0 heterocycles. The maximum atomic E-state index is 12.4. The first kappa shape index (κ1) is 25.2. The topological polar surface area (TPSA) is 55.4 Å². The number of benzene rings is 1. The molecule has 164 valence electrons. The van der Waals surface area contributed by atoms with Gasteiger partial charge in [-0.25, -0.2) is 4.79 Å². The second-order valence-electron chi connectivity index (χ2n) is 8.41. The van der Waals surface area contributed by atoms with Crippen molar-refractivity contribution in [3.63, 3.8) is 0 Å². The third-order valence-corrected chi connectivity index (χ3v) is 5.26. The lowest BCUT2D eigenvalue weighted by molar-refractivity contribution is -0.147. The number of amides is 1. The first-order valence-corrected chi connectivity index (χ1v) is 11.5. The molecule has 0 saturated heterocycles. The van der Waals surface area contributed by atoms with Gasteiger partial charge in [-0.1, -0.05) is 96.3 Å². The van der Waals surface area contributed by atoms with Crippen LogP contribution in [0.5, 0.6) is 0 Å². The van der Waals surface area contributed by atoms with E-state index in [-0.39, 0.29) is 17.8 Å². The lowest BCUT2D eigenvalue weighted by Crippen LogP contribution is -2.45. The Morgan fingerprint density at radius 1 is 0.862 bits per heavy atom. The Morgan fingerprint density at radius 3 is 1.90 bits per heavy atom. The van der Waals surface area contributed by atoms with Gasteiger partial charge >= 0.3 is 5.97 Å². The van der Waals surface area contributed by atoms with Gasteiger partial charge in [0, 0.05) is 5.56 Å². The van der Waals surface area contributed by atoms with Crippen LogP contribution in [0.4, 0.5) is 0 Å². The first-order valence-electron chi connectivity index (χ1n) is 11.5. The number of rotatable bonds is 15. The molecule has 1 atom stereocenters. The second-order valence-corrected chi connectivity index (χ2v) is 8.41. The van der Waals surface area contributed by atoms with E-state index in [0.29, 0.717) is 12.2 Å². The van der Waals surface area contributed by atoms with E-state index in [9.17, 15) is 9.59 Å². The fourth-order valence-electron chi connectivity index (χ4n) is 3.28. The molecule has 1 amide bonds. The number of carbonyl (C=O) groups is 2. The highest BCUT2D eigenvalue weighted by Gasteiger charge is 2.26. The zero-order chi connectivity index (χ0) is 21.5. The molecule has 0 aliphatic carbocycles. The molecule has 29 heavy (non-hydrogen) atoms. The zero-order valence-electron chi connectivity index (χ0n) is 19.0. The number of aryl methyl sites for hydroxylation is 1. The van der Waals surface area contributed by atoms with Gasteiger partial charge in [-0.3, -0.25) is 4.79 Å². The molecule has 0 aromatic heterocycles. The molecule has 1 unspecified atom stereocenters. The van der Waals surface area contributed by atoms with Crippen molar-refractivity contribution < 1.29 is 14.3 Å². The van der Waals surface area contributed by atoms with Crippen molar-refractivity contribution in [2.75, 3.05) is 6.61 Å². The predicted octanol–water partition coefficient (Wildman–Crippen LogP) is 6.21. The van der Waals surface area contributed by atoms with E-state index in [1.54, 1.807) is 12.1 Å². The smallest absolute Gasteiger partial charge is 0.328 e. The largest absolute Gasteiger partial charge is 0.464 e. The summed E-state index contributed by atoms with van der Waals surface area (Å²) in [6.45, 7) is 8.49. The normalized spacial score (nSPS) is 12.0. The zero-order valence-corrected chi connectivity index (χ0v) is 19.0. The third-order valence-electron chi connectivity index (χ3n) is 5.26. The summed E-state index contributed by atoms with van der Waals surface area (Å²) in [5.41, 5.74) is 1.65. The van der Waals surface area contributed by atoms with Crippen LogP contribution < -0.4 is 5.32 Å². The van der Waals surface area contributed by atoms with Crippen molar-refractivity contribution >= 4 is 11.9 Å². The summed E-state index contributed by atoms with van der Waals surface area (Å²) < 4.78 is 5.44. The van der Waals surface area contributed by atoms with E-state index in [0.717, 1.165) is 18.4 Å². The monoisotopic (exact) mass is 403 g/mol. The van der Waals surface area contributed by atoms with Crippen LogP contribution in [-0.4, -0.2) is 24.5 Å². The molecule has 1 aromatic rings. The summed E-state index contributed by atoms with van der Waals surface area (Å²) >= 11 is 0. The lowest BCUT2D eigenvalue weighted by atomic mass is 10.0. The lowest BCUT2D eigenvalue weighted by Gasteiger charge is -2.21. The summed E-state index contributed by atoms with van der Waals surface area (Å²) in [6.07, 6.45) is 12.5. The molecule has 0 aliphatic heterocycles. The molecule has 4 heteroatoms. The van der Waals surface area contributed by atoms with Crippen LogP contribution in [0.1, 0.15) is 101 Å². The molecule has 0 radical (unpaired) electrons. The van der Waals surface area contributed by atoms with Gasteiger partial charge in [0.05, 0.1) is 6.61 Å². The fourth-order valence-corrected chi connectivity index (χ4v) is 3.28. The van der Waals surface area contributed by atoms with Crippen molar-refractivity contribution in [2.24, 2.45) is 5.92 Å². The van der Waals surface area contributed by atoms with Gasteiger partial charge in [0.2, 0.25) is 0 Å². The van der Waals surface area contributed by atoms with E-state index < -0.39 is 6.04 Å². The van der Waals surface area contributed by atoms with Crippen molar-refractivity contribution in [3.05, 3.63) is 35.4 Å². The van der Waals surface area contributed by atoms with Gasteiger partial charge in [-0.15, -0.1) is 0 Å². The van der Waals surface area contributed by atoms with Crippen LogP contribution in [0.3, 0.4) is 0 Å². The highest BCUT2D eigenvalue weighted by Crippen LogP contribution is 2.12. The van der Waals surface area contributed by atoms with E-state index in [2.05, 4.69) is 12.2 Å². The number of carbonyl (C=O) groups excluding carboxylic acids is 2. The standard InChI is InChI=1S/C25H41NO3/c1-5-6-7-8-9-10-11-12-13-14-19-29-25(28)23(20(2)3)26-24(27)22-17-15-21(4)16-18-22/h15-18,20,23H,5-14,19H2,1-4H3,(H,26,27). The molecule has 1 rings (SSSR count). The van der Waals surface area contributed by atoms with Crippen LogP contribution >= 0.6 is 0 Å². The number of esters is 1. The Hall–Kier alpha value is -1.84. The van der Waals surface area contributed by atoms with Gasteiger partial charge in [0.15, 0.2) is 0 Å². The maximum absolute atomic E-state index is 12.4. The van der Waals surface area contributed by atoms with Gasteiger partial charge < -0.3 is 10.1 Å². The van der Waals surface area contributed by atoms with E-state index >= 15 is 0 Å². The van der Waals surface area contributed by atoms with Crippen molar-refractivity contribution in [3.8, 4) is 0 Å². The van der Waals surface area contributed by atoms with E-state index in [4.69, 9.17) is 4.74 Å². The van der Waals surface area contributed by atoms with Crippen LogP contribution in [-0.2, 0) is 9.53 Å². The molecule has 4 nitrogen and oxygen atoms in total. The Kier molecular flexibility index (Phi) is 13.1. The Morgan fingerprint density at radius 2 is 1.38 bits per heavy atom. The average Bonchev–Trinajstić information content (AvgIpc) is 2.70. The van der Waals surface area contributed by atoms with Crippen molar-refractivity contribution in [2.45, 2.75) is 97.9 Å². The van der Waals surface area contributed by atoms with Gasteiger partial charge in [-0.2, -0.15) is 0 Å². The minimum Gasteiger partial charge on any atom is -0.464 e. The SMILES string of the molecule is CCCCCCCCCCCCOC(=O)C(NC(=O)c1ccc(C)cc1)C(C)C. The van der Waals surface area contributed by atoms with Crippen molar-refractivity contribution in [1.82, 2.24) is 5.32 Å². The molecule has 0 fully saturated rings. The second kappa shape index (κ2) is 15.1. The highest BCUT2D eigenvalue weighted by molar-refractivity contribution is 5.96. The van der Waals surface area contributed by atoms with Crippen LogP contribution in [0.15, 0.2) is 24.3 Å². The molecule has 0 bridgehead atoms. The molecule has 0 spiro atoms. The Labute approximate surface area is 177 Å². The summed E-state index contributed by atoms with van der Waals surface area (Å²) in [6, 6.07) is 6.71. The fraction of sp³-hybridized carbons (Fsp3) is 0.680. The first-order chi connectivity index (χ1) is 14.0.